The van der Waals surface area contributed by atoms with E-state index in [4.69, 9.17) is 16.3 Å². The topological polar surface area (TPSA) is 24.5 Å². The lowest BCUT2D eigenvalue weighted by Crippen LogP contribution is -2.49. The van der Waals surface area contributed by atoms with Crippen LogP contribution in [-0.4, -0.2) is 37.7 Å². The summed E-state index contributed by atoms with van der Waals surface area (Å²) < 4.78 is 5.41. The zero-order valence-corrected chi connectivity index (χ0v) is 12.8. The summed E-state index contributed by atoms with van der Waals surface area (Å²) in [5, 5.41) is 4.20. The molecule has 1 N–H and O–H groups in total. The van der Waals surface area contributed by atoms with Gasteiger partial charge in [0.2, 0.25) is 0 Å². The summed E-state index contributed by atoms with van der Waals surface area (Å²) in [6.07, 6.45) is 2.35. The van der Waals surface area contributed by atoms with Crippen molar-refractivity contribution in [3.05, 3.63) is 28.8 Å². The van der Waals surface area contributed by atoms with Crippen molar-refractivity contribution in [1.82, 2.24) is 10.2 Å². The molecule has 1 heterocycles. The van der Waals surface area contributed by atoms with Crippen LogP contribution in [0.15, 0.2) is 18.2 Å². The minimum Gasteiger partial charge on any atom is -0.496 e. The quantitative estimate of drug-likeness (QED) is 0.919. The van der Waals surface area contributed by atoms with Crippen LogP contribution in [0.3, 0.4) is 0 Å². The van der Waals surface area contributed by atoms with Gasteiger partial charge in [0, 0.05) is 35.8 Å². The molecule has 0 aromatic heterocycles. The molecular weight excluding hydrogens is 260 g/mol. The standard InChI is InChI=1S/C15H23ClN2O/c1-15(17-2)6-8-18(9-7-15)11-12-10-13(16)4-5-14(12)19-3/h4-5,10,17H,6-9,11H2,1-3H3. The Bertz CT molecular complexity index is 428. The SMILES string of the molecule is CNC1(C)CCN(Cc2cc(Cl)ccc2OC)CC1. The fraction of sp³-hybridized carbons (Fsp3) is 0.600. The maximum absolute atomic E-state index is 6.08. The van der Waals surface area contributed by atoms with Gasteiger partial charge in [-0.1, -0.05) is 11.6 Å². The van der Waals surface area contributed by atoms with Crippen molar-refractivity contribution in [2.45, 2.75) is 31.8 Å². The molecule has 1 saturated heterocycles. The maximum Gasteiger partial charge on any atom is 0.123 e. The molecule has 0 spiro atoms. The lowest BCUT2D eigenvalue weighted by Gasteiger charge is -2.39. The van der Waals surface area contributed by atoms with Gasteiger partial charge in [0.1, 0.15) is 5.75 Å². The molecule has 0 amide bonds. The summed E-state index contributed by atoms with van der Waals surface area (Å²) >= 11 is 6.08. The lowest BCUT2D eigenvalue weighted by atomic mass is 9.90. The summed E-state index contributed by atoms with van der Waals surface area (Å²) in [5.41, 5.74) is 1.46. The van der Waals surface area contributed by atoms with E-state index < -0.39 is 0 Å². The number of methoxy groups -OCH3 is 1. The van der Waals surface area contributed by atoms with Gasteiger partial charge >= 0.3 is 0 Å². The van der Waals surface area contributed by atoms with Crippen molar-refractivity contribution >= 4 is 11.6 Å². The molecule has 0 unspecified atom stereocenters. The van der Waals surface area contributed by atoms with Crippen molar-refractivity contribution in [3.63, 3.8) is 0 Å². The van der Waals surface area contributed by atoms with Gasteiger partial charge in [0.05, 0.1) is 7.11 Å². The summed E-state index contributed by atoms with van der Waals surface area (Å²) in [4.78, 5) is 2.47. The third-order valence-corrected chi connectivity index (χ3v) is 4.43. The first-order valence-electron chi connectivity index (χ1n) is 6.80. The fourth-order valence-electron chi connectivity index (χ4n) is 2.57. The minimum atomic E-state index is 0.287. The first kappa shape index (κ1) is 14.6. The molecule has 0 atom stereocenters. The van der Waals surface area contributed by atoms with Gasteiger partial charge in [-0.15, -0.1) is 0 Å². The molecule has 3 nitrogen and oxygen atoms in total. The molecule has 0 bridgehead atoms. The first-order chi connectivity index (χ1) is 9.06. The zero-order valence-electron chi connectivity index (χ0n) is 12.0. The van der Waals surface area contributed by atoms with Gasteiger partial charge in [0.15, 0.2) is 0 Å². The molecule has 1 aromatic rings. The van der Waals surface area contributed by atoms with Crippen LogP contribution in [0.25, 0.3) is 0 Å². The van der Waals surface area contributed by atoms with E-state index in [0.29, 0.717) is 0 Å². The molecule has 1 aromatic carbocycles. The Morgan fingerprint density at radius 1 is 1.37 bits per heavy atom. The molecular formula is C15H23ClN2O. The van der Waals surface area contributed by atoms with Crippen molar-refractivity contribution in [2.75, 3.05) is 27.2 Å². The van der Waals surface area contributed by atoms with Crippen LogP contribution in [-0.2, 0) is 6.54 Å². The highest BCUT2D eigenvalue weighted by Crippen LogP contribution is 2.27. The Morgan fingerprint density at radius 2 is 2.05 bits per heavy atom. The second-order valence-corrected chi connectivity index (χ2v) is 5.98. The van der Waals surface area contributed by atoms with E-state index in [1.807, 2.05) is 18.2 Å². The number of ether oxygens (including phenoxy) is 1. The number of piperidine rings is 1. The van der Waals surface area contributed by atoms with Crippen LogP contribution in [0.2, 0.25) is 5.02 Å². The molecule has 19 heavy (non-hydrogen) atoms. The summed E-state index contributed by atoms with van der Waals surface area (Å²) in [7, 11) is 3.76. The van der Waals surface area contributed by atoms with E-state index in [1.165, 1.54) is 18.4 Å². The summed E-state index contributed by atoms with van der Waals surface area (Å²) in [5.74, 6) is 0.923. The van der Waals surface area contributed by atoms with Gasteiger partial charge in [-0.05, 0) is 45.0 Å². The van der Waals surface area contributed by atoms with Crippen LogP contribution in [0, 0.1) is 0 Å². The van der Waals surface area contributed by atoms with E-state index in [9.17, 15) is 0 Å². The van der Waals surface area contributed by atoms with Crippen molar-refractivity contribution in [2.24, 2.45) is 0 Å². The number of benzene rings is 1. The van der Waals surface area contributed by atoms with Crippen LogP contribution >= 0.6 is 11.6 Å². The third-order valence-electron chi connectivity index (χ3n) is 4.20. The highest BCUT2D eigenvalue weighted by Gasteiger charge is 2.28. The van der Waals surface area contributed by atoms with E-state index >= 15 is 0 Å². The van der Waals surface area contributed by atoms with Crippen LogP contribution < -0.4 is 10.1 Å². The van der Waals surface area contributed by atoms with Gasteiger partial charge < -0.3 is 10.1 Å². The molecule has 2 rings (SSSR count). The second kappa shape index (κ2) is 6.12. The fourth-order valence-corrected chi connectivity index (χ4v) is 2.76. The van der Waals surface area contributed by atoms with Gasteiger partial charge in [0.25, 0.3) is 0 Å². The number of nitrogens with one attached hydrogen (secondary N) is 1. The highest BCUT2D eigenvalue weighted by molar-refractivity contribution is 6.30. The van der Waals surface area contributed by atoms with Crippen molar-refractivity contribution in [3.8, 4) is 5.75 Å². The number of nitrogens with zero attached hydrogens (tertiary/aromatic N) is 1. The van der Waals surface area contributed by atoms with Gasteiger partial charge in [-0.2, -0.15) is 0 Å². The van der Waals surface area contributed by atoms with Crippen LogP contribution in [0.1, 0.15) is 25.3 Å². The molecule has 106 valence electrons. The Balaban J connectivity index is 2.01. The molecule has 0 radical (unpaired) electrons. The Hall–Kier alpha value is -0.770. The normalized spacial score (nSPS) is 19.4. The number of rotatable bonds is 4. The van der Waals surface area contributed by atoms with Crippen molar-refractivity contribution < 1.29 is 4.74 Å². The van der Waals surface area contributed by atoms with E-state index in [2.05, 4.69) is 24.2 Å². The maximum atomic E-state index is 6.08. The number of hydrogen-bond donors (Lipinski definition) is 1. The average molecular weight is 283 g/mol. The summed E-state index contributed by atoms with van der Waals surface area (Å²) in [6, 6.07) is 5.82. The molecule has 4 heteroatoms. The van der Waals surface area contributed by atoms with E-state index in [1.54, 1.807) is 7.11 Å². The van der Waals surface area contributed by atoms with E-state index in [-0.39, 0.29) is 5.54 Å². The molecule has 1 fully saturated rings. The lowest BCUT2D eigenvalue weighted by molar-refractivity contribution is 0.145. The Labute approximate surface area is 120 Å². The molecule has 1 aliphatic heterocycles. The van der Waals surface area contributed by atoms with Crippen molar-refractivity contribution in [1.29, 1.82) is 0 Å². The average Bonchev–Trinajstić information content (AvgIpc) is 2.42. The predicted molar refractivity (Wildman–Crippen MR) is 80.0 cm³/mol. The number of halogens is 1. The monoisotopic (exact) mass is 282 g/mol. The van der Waals surface area contributed by atoms with Gasteiger partial charge in [-0.3, -0.25) is 4.90 Å². The summed E-state index contributed by atoms with van der Waals surface area (Å²) in [6.45, 7) is 5.41. The minimum absolute atomic E-state index is 0.287. The Kier molecular flexibility index (Phi) is 4.71. The van der Waals surface area contributed by atoms with Crippen LogP contribution in [0.4, 0.5) is 0 Å². The smallest absolute Gasteiger partial charge is 0.123 e. The highest BCUT2D eigenvalue weighted by atomic mass is 35.5. The van der Waals surface area contributed by atoms with Crippen LogP contribution in [0.5, 0.6) is 5.75 Å². The second-order valence-electron chi connectivity index (χ2n) is 5.54. The molecule has 1 aliphatic rings. The van der Waals surface area contributed by atoms with E-state index in [0.717, 1.165) is 30.4 Å². The molecule has 0 saturated carbocycles. The number of likely N-dealkylation sites (tertiary alicyclic amines) is 1. The third kappa shape index (κ3) is 3.62. The Morgan fingerprint density at radius 3 is 2.63 bits per heavy atom. The van der Waals surface area contributed by atoms with Gasteiger partial charge in [-0.25, -0.2) is 0 Å². The number of hydrogen-bond acceptors (Lipinski definition) is 3. The zero-order chi connectivity index (χ0) is 13.9. The largest absolute Gasteiger partial charge is 0.496 e. The molecule has 0 aliphatic carbocycles. The predicted octanol–water partition coefficient (Wildman–Crippen LogP) is 2.92. The first-order valence-corrected chi connectivity index (χ1v) is 7.18.